The summed E-state index contributed by atoms with van der Waals surface area (Å²) in [5.41, 5.74) is 5.68. The number of aromatic nitrogens is 1. The third-order valence-electron chi connectivity index (χ3n) is 3.47. The van der Waals surface area contributed by atoms with Gasteiger partial charge in [0.15, 0.2) is 0 Å². The van der Waals surface area contributed by atoms with Crippen molar-refractivity contribution in [3.8, 4) is 11.3 Å². The van der Waals surface area contributed by atoms with Crippen LogP contribution in [0.3, 0.4) is 0 Å². The van der Waals surface area contributed by atoms with Crippen LogP contribution < -0.4 is 10.9 Å². The molecule has 9 heteroatoms. The molecule has 0 saturated heterocycles. The summed E-state index contributed by atoms with van der Waals surface area (Å²) in [6.07, 6.45) is 0. The van der Waals surface area contributed by atoms with E-state index in [1.54, 1.807) is 18.2 Å². The Labute approximate surface area is 163 Å². The van der Waals surface area contributed by atoms with E-state index >= 15 is 0 Å². The fourth-order valence-corrected chi connectivity index (χ4v) is 3.13. The number of anilines is 1. The van der Waals surface area contributed by atoms with Gasteiger partial charge in [-0.1, -0.05) is 46.0 Å². The molecular formula is C17H11Cl3FN3O2. The molecule has 134 valence electrons. The van der Waals surface area contributed by atoms with Gasteiger partial charge in [0.1, 0.15) is 22.8 Å². The molecule has 1 aromatic heterocycles. The van der Waals surface area contributed by atoms with Gasteiger partial charge in [-0.15, -0.1) is 0 Å². The van der Waals surface area contributed by atoms with Crippen LogP contribution in [-0.2, 0) is 0 Å². The number of hydrogen-bond acceptors (Lipinski definition) is 4. The lowest BCUT2D eigenvalue weighted by molar-refractivity contribution is 0.0961. The molecule has 5 nitrogen and oxygen atoms in total. The fraction of sp³-hybridized carbons (Fsp3) is 0.0588. The van der Waals surface area contributed by atoms with Crippen molar-refractivity contribution in [2.45, 2.75) is 6.92 Å². The van der Waals surface area contributed by atoms with Gasteiger partial charge < -0.3 is 4.52 Å². The van der Waals surface area contributed by atoms with Crippen molar-refractivity contribution < 1.29 is 13.7 Å². The topological polar surface area (TPSA) is 67.2 Å². The SMILES string of the molecule is Cc1onc(-c2c(F)cccc2Cl)c1C(=O)NNc1cc(Cl)cc(Cl)c1. The number of hydrazine groups is 1. The first kappa shape index (κ1) is 18.5. The molecule has 2 N–H and O–H groups in total. The Balaban J connectivity index is 1.90. The molecule has 26 heavy (non-hydrogen) atoms. The van der Waals surface area contributed by atoms with Crippen molar-refractivity contribution in [2.75, 3.05) is 5.43 Å². The van der Waals surface area contributed by atoms with Gasteiger partial charge in [0.05, 0.1) is 16.3 Å². The van der Waals surface area contributed by atoms with Crippen LogP contribution in [0.15, 0.2) is 40.9 Å². The van der Waals surface area contributed by atoms with Crippen molar-refractivity contribution in [1.29, 1.82) is 0 Å². The van der Waals surface area contributed by atoms with Gasteiger partial charge in [0, 0.05) is 10.0 Å². The summed E-state index contributed by atoms with van der Waals surface area (Å²) in [5, 5.41) is 4.69. The molecule has 0 saturated carbocycles. The molecule has 0 unspecified atom stereocenters. The highest BCUT2D eigenvalue weighted by atomic mass is 35.5. The van der Waals surface area contributed by atoms with Crippen molar-refractivity contribution in [2.24, 2.45) is 0 Å². The highest BCUT2D eigenvalue weighted by Gasteiger charge is 2.25. The van der Waals surface area contributed by atoms with Crippen molar-refractivity contribution in [3.05, 3.63) is 68.6 Å². The monoisotopic (exact) mass is 413 g/mol. The van der Waals surface area contributed by atoms with E-state index in [0.29, 0.717) is 15.7 Å². The Morgan fingerprint density at radius 2 is 1.85 bits per heavy atom. The van der Waals surface area contributed by atoms with Crippen molar-refractivity contribution in [3.63, 3.8) is 0 Å². The van der Waals surface area contributed by atoms with Gasteiger partial charge in [-0.3, -0.25) is 15.6 Å². The number of benzene rings is 2. The van der Waals surface area contributed by atoms with E-state index in [4.69, 9.17) is 39.3 Å². The lowest BCUT2D eigenvalue weighted by atomic mass is 10.1. The largest absolute Gasteiger partial charge is 0.360 e. The highest BCUT2D eigenvalue weighted by molar-refractivity contribution is 6.35. The third-order valence-corrected chi connectivity index (χ3v) is 4.22. The average Bonchev–Trinajstić information content (AvgIpc) is 2.93. The summed E-state index contributed by atoms with van der Waals surface area (Å²) in [6, 6.07) is 8.87. The van der Waals surface area contributed by atoms with Crippen LogP contribution in [0, 0.1) is 12.7 Å². The van der Waals surface area contributed by atoms with Crippen molar-refractivity contribution in [1.82, 2.24) is 10.6 Å². The third kappa shape index (κ3) is 3.77. The van der Waals surface area contributed by atoms with Crippen LogP contribution in [0.1, 0.15) is 16.1 Å². The lowest BCUT2D eigenvalue weighted by Gasteiger charge is -2.10. The molecule has 0 spiro atoms. The number of carbonyl (C=O) groups is 1. The maximum Gasteiger partial charge on any atom is 0.275 e. The van der Waals surface area contributed by atoms with Gasteiger partial charge in [0.2, 0.25) is 0 Å². The molecule has 3 aromatic rings. The van der Waals surface area contributed by atoms with Crippen LogP contribution in [0.25, 0.3) is 11.3 Å². The molecule has 0 aliphatic heterocycles. The van der Waals surface area contributed by atoms with Crippen LogP contribution in [0.4, 0.5) is 10.1 Å². The minimum absolute atomic E-state index is 0.00836. The number of hydrogen-bond donors (Lipinski definition) is 2. The predicted molar refractivity (Wildman–Crippen MR) is 99.2 cm³/mol. The Morgan fingerprint density at radius 3 is 2.50 bits per heavy atom. The van der Waals surface area contributed by atoms with Crippen LogP contribution in [0.2, 0.25) is 15.1 Å². The summed E-state index contributed by atoms with van der Waals surface area (Å²) < 4.78 is 19.3. The van der Waals surface area contributed by atoms with Crippen LogP contribution in [-0.4, -0.2) is 11.1 Å². The van der Waals surface area contributed by atoms with Crippen LogP contribution in [0.5, 0.6) is 0 Å². The van der Waals surface area contributed by atoms with Crippen molar-refractivity contribution >= 4 is 46.4 Å². The molecule has 3 rings (SSSR count). The lowest BCUT2D eigenvalue weighted by Crippen LogP contribution is -2.30. The Kier molecular flexibility index (Phi) is 5.36. The smallest absolute Gasteiger partial charge is 0.275 e. The first-order valence-electron chi connectivity index (χ1n) is 7.30. The van der Waals surface area contributed by atoms with Gasteiger partial charge in [-0.05, 0) is 37.3 Å². The second-order valence-corrected chi connectivity index (χ2v) is 6.58. The quantitative estimate of drug-likeness (QED) is 0.553. The number of rotatable bonds is 4. The Morgan fingerprint density at radius 1 is 1.15 bits per heavy atom. The maximum atomic E-state index is 14.2. The number of nitrogens with zero attached hydrogens (tertiary/aromatic N) is 1. The highest BCUT2D eigenvalue weighted by Crippen LogP contribution is 2.33. The number of nitrogens with one attached hydrogen (secondary N) is 2. The molecule has 0 fully saturated rings. The van der Waals surface area contributed by atoms with Gasteiger partial charge in [0.25, 0.3) is 5.91 Å². The zero-order chi connectivity index (χ0) is 18.8. The number of carbonyl (C=O) groups excluding carboxylic acids is 1. The maximum absolute atomic E-state index is 14.2. The van der Waals surface area contributed by atoms with Crippen LogP contribution >= 0.6 is 34.8 Å². The second kappa shape index (κ2) is 7.53. The Bertz CT molecular complexity index is 951. The Hall–Kier alpha value is -2.28. The number of aryl methyl sites for hydroxylation is 1. The first-order chi connectivity index (χ1) is 12.4. The van der Waals surface area contributed by atoms with E-state index in [-0.39, 0.29) is 27.6 Å². The standard InChI is InChI=1S/C17H11Cl3FN3O2/c1-8-14(16(24-26-8)15-12(20)3-2-4-13(15)21)17(25)23-22-11-6-9(18)5-10(19)7-11/h2-7,22H,1H3,(H,23,25). The minimum Gasteiger partial charge on any atom is -0.360 e. The molecule has 1 amide bonds. The molecule has 0 atom stereocenters. The molecule has 1 heterocycles. The summed E-state index contributed by atoms with van der Waals surface area (Å²) in [7, 11) is 0. The molecule has 0 radical (unpaired) electrons. The summed E-state index contributed by atoms with van der Waals surface area (Å²) in [5.74, 6) is -0.994. The van der Waals surface area contributed by atoms with E-state index in [0.717, 1.165) is 0 Å². The fourth-order valence-electron chi connectivity index (χ4n) is 2.35. The average molecular weight is 415 g/mol. The van der Waals surface area contributed by atoms with E-state index in [9.17, 15) is 9.18 Å². The molecule has 0 aliphatic rings. The number of halogens is 4. The summed E-state index contributed by atoms with van der Waals surface area (Å²) >= 11 is 17.9. The zero-order valence-electron chi connectivity index (χ0n) is 13.2. The first-order valence-corrected chi connectivity index (χ1v) is 8.43. The van der Waals surface area contributed by atoms with Gasteiger partial charge in [-0.2, -0.15) is 0 Å². The molecule has 0 aliphatic carbocycles. The zero-order valence-corrected chi connectivity index (χ0v) is 15.5. The molecular weight excluding hydrogens is 404 g/mol. The summed E-state index contributed by atoms with van der Waals surface area (Å²) in [6.45, 7) is 1.54. The predicted octanol–water partition coefficient (Wildman–Crippen LogP) is 5.51. The summed E-state index contributed by atoms with van der Waals surface area (Å²) in [4.78, 5) is 12.6. The molecule has 0 bridgehead atoms. The van der Waals surface area contributed by atoms with E-state index in [1.165, 1.54) is 25.1 Å². The van der Waals surface area contributed by atoms with E-state index < -0.39 is 11.7 Å². The normalized spacial score (nSPS) is 10.7. The molecule has 2 aromatic carbocycles. The number of amides is 1. The van der Waals surface area contributed by atoms with E-state index in [2.05, 4.69) is 16.0 Å². The van der Waals surface area contributed by atoms with Gasteiger partial charge in [-0.25, -0.2) is 4.39 Å². The minimum atomic E-state index is -0.616. The second-order valence-electron chi connectivity index (χ2n) is 5.30. The van der Waals surface area contributed by atoms with E-state index in [1.807, 2.05) is 0 Å². The van der Waals surface area contributed by atoms with Gasteiger partial charge >= 0.3 is 0 Å².